The minimum absolute atomic E-state index is 0.0645. The van der Waals surface area contributed by atoms with E-state index in [0.29, 0.717) is 0 Å². The fraction of sp³-hybridized carbons (Fsp3) is 0.818. The number of Topliss-reactive ketones (excluding diaryl/α,β-unsaturated/α-hetero) is 1. The maximum absolute atomic E-state index is 11.7. The van der Waals surface area contributed by atoms with E-state index in [1.165, 1.54) is 0 Å². The fourth-order valence-corrected chi connectivity index (χ4v) is 2.22. The zero-order valence-electron chi connectivity index (χ0n) is 9.01. The van der Waals surface area contributed by atoms with Crippen LogP contribution in [0.25, 0.3) is 0 Å². The van der Waals surface area contributed by atoms with Crippen LogP contribution in [-0.2, 0) is 4.79 Å². The Morgan fingerprint density at radius 3 is 1.92 bits per heavy atom. The van der Waals surface area contributed by atoms with Crippen molar-refractivity contribution in [2.45, 2.75) is 34.6 Å². The van der Waals surface area contributed by atoms with Gasteiger partial charge < -0.3 is 0 Å². The molecule has 0 bridgehead atoms. The molecule has 2 nitrogen and oxygen atoms in total. The lowest BCUT2D eigenvalue weighted by molar-refractivity contribution is -0.123. The van der Waals surface area contributed by atoms with Crippen molar-refractivity contribution in [3.05, 3.63) is 0 Å². The summed E-state index contributed by atoms with van der Waals surface area (Å²) in [6, 6.07) is 2.01. The Balaban J connectivity index is 2.81. The minimum atomic E-state index is -0.453. The second-order valence-corrected chi connectivity index (χ2v) is 5.13. The zero-order valence-corrected chi connectivity index (χ0v) is 9.01. The Hall–Kier alpha value is -0.840. The van der Waals surface area contributed by atoms with Crippen LogP contribution < -0.4 is 0 Å². The monoisotopic (exact) mass is 179 g/mol. The predicted octanol–water partition coefficient (Wildman–Crippen LogP) is 2.40. The minimum Gasteiger partial charge on any atom is -0.298 e. The molecule has 0 aromatic heterocycles. The molecule has 0 aromatic carbocycles. The smallest absolute Gasteiger partial charge is 0.153 e. The molecule has 0 spiro atoms. The fourth-order valence-electron chi connectivity index (χ4n) is 2.22. The summed E-state index contributed by atoms with van der Waals surface area (Å²) in [5.74, 6) is -0.279. The number of hydrogen-bond acceptors (Lipinski definition) is 2. The van der Waals surface area contributed by atoms with Gasteiger partial charge in [-0.2, -0.15) is 5.26 Å². The number of nitriles is 1. The summed E-state index contributed by atoms with van der Waals surface area (Å²) in [5, 5.41) is 8.65. The highest BCUT2D eigenvalue weighted by Crippen LogP contribution is 2.69. The summed E-state index contributed by atoms with van der Waals surface area (Å²) < 4.78 is 0. The molecular weight excluding hydrogens is 162 g/mol. The molecule has 1 atom stereocenters. The van der Waals surface area contributed by atoms with Gasteiger partial charge in [0.1, 0.15) is 5.92 Å². The average Bonchev–Trinajstić information content (AvgIpc) is 2.41. The number of hydrogen-bond donors (Lipinski definition) is 0. The van der Waals surface area contributed by atoms with E-state index in [2.05, 4.69) is 27.7 Å². The number of carbonyl (C=O) groups is 1. The van der Waals surface area contributed by atoms with E-state index in [0.717, 1.165) is 0 Å². The molecule has 72 valence electrons. The van der Waals surface area contributed by atoms with E-state index in [1.54, 1.807) is 6.92 Å². The van der Waals surface area contributed by atoms with Gasteiger partial charge in [0.25, 0.3) is 0 Å². The van der Waals surface area contributed by atoms with Gasteiger partial charge in [0.2, 0.25) is 0 Å². The summed E-state index contributed by atoms with van der Waals surface area (Å²) in [6.45, 7) is 10.1. The number of ketones is 1. The maximum atomic E-state index is 11.7. The van der Waals surface area contributed by atoms with Crippen molar-refractivity contribution in [2.75, 3.05) is 0 Å². The normalized spacial score (nSPS) is 26.2. The Morgan fingerprint density at radius 1 is 1.31 bits per heavy atom. The van der Waals surface area contributed by atoms with E-state index < -0.39 is 5.92 Å². The van der Waals surface area contributed by atoms with E-state index in [9.17, 15) is 4.79 Å². The molecular formula is C11H17NO. The first kappa shape index (κ1) is 10.2. The van der Waals surface area contributed by atoms with Crippen LogP contribution in [-0.4, -0.2) is 5.78 Å². The third kappa shape index (κ3) is 1.18. The van der Waals surface area contributed by atoms with Crippen molar-refractivity contribution in [1.82, 2.24) is 0 Å². The van der Waals surface area contributed by atoms with Gasteiger partial charge >= 0.3 is 0 Å². The third-order valence-corrected chi connectivity index (χ3v) is 3.93. The largest absolute Gasteiger partial charge is 0.298 e. The first-order valence-electron chi connectivity index (χ1n) is 4.70. The predicted molar refractivity (Wildman–Crippen MR) is 50.8 cm³/mol. The van der Waals surface area contributed by atoms with E-state index in [4.69, 9.17) is 5.26 Å². The average molecular weight is 179 g/mol. The van der Waals surface area contributed by atoms with Crippen LogP contribution in [0.2, 0.25) is 0 Å². The van der Waals surface area contributed by atoms with Gasteiger partial charge in [-0.25, -0.2) is 0 Å². The molecule has 1 aliphatic carbocycles. The van der Waals surface area contributed by atoms with Crippen LogP contribution >= 0.6 is 0 Å². The van der Waals surface area contributed by atoms with Crippen molar-refractivity contribution < 1.29 is 4.79 Å². The molecule has 1 fully saturated rings. The lowest BCUT2D eigenvalue weighted by atomic mass is 9.99. The Kier molecular flexibility index (Phi) is 2.03. The number of nitrogens with zero attached hydrogens (tertiary/aromatic N) is 1. The van der Waals surface area contributed by atoms with Crippen LogP contribution in [0.5, 0.6) is 0 Å². The Labute approximate surface area is 79.9 Å². The molecule has 1 rings (SSSR count). The van der Waals surface area contributed by atoms with Crippen molar-refractivity contribution >= 4 is 5.78 Å². The van der Waals surface area contributed by atoms with Crippen LogP contribution in [0.3, 0.4) is 0 Å². The molecule has 1 unspecified atom stereocenters. The first-order chi connectivity index (χ1) is 5.76. The molecule has 13 heavy (non-hydrogen) atoms. The number of carbonyl (C=O) groups excluding carboxylic acids is 1. The van der Waals surface area contributed by atoms with Crippen molar-refractivity contribution in [3.63, 3.8) is 0 Å². The van der Waals surface area contributed by atoms with E-state index >= 15 is 0 Å². The Bertz CT molecular complexity index is 269. The van der Waals surface area contributed by atoms with Gasteiger partial charge in [-0.05, 0) is 17.8 Å². The van der Waals surface area contributed by atoms with Crippen molar-refractivity contribution in [3.8, 4) is 6.07 Å². The zero-order chi connectivity index (χ0) is 10.4. The van der Waals surface area contributed by atoms with Crippen LogP contribution in [0, 0.1) is 34.0 Å². The lowest BCUT2D eigenvalue weighted by Gasteiger charge is -2.03. The van der Waals surface area contributed by atoms with Crippen molar-refractivity contribution in [1.29, 1.82) is 5.26 Å². The maximum Gasteiger partial charge on any atom is 0.153 e. The molecule has 2 heteroatoms. The summed E-state index contributed by atoms with van der Waals surface area (Å²) in [5.41, 5.74) is 0.129. The molecule has 0 N–H and O–H groups in total. The van der Waals surface area contributed by atoms with Gasteiger partial charge in [0, 0.05) is 5.92 Å². The van der Waals surface area contributed by atoms with E-state index in [-0.39, 0.29) is 22.5 Å². The van der Waals surface area contributed by atoms with Gasteiger partial charge in [-0.3, -0.25) is 4.79 Å². The molecule has 0 saturated heterocycles. The van der Waals surface area contributed by atoms with Gasteiger partial charge in [0.05, 0.1) is 6.07 Å². The van der Waals surface area contributed by atoms with Crippen LogP contribution in [0.15, 0.2) is 0 Å². The summed E-state index contributed by atoms with van der Waals surface area (Å²) in [7, 11) is 0. The highest BCUT2D eigenvalue weighted by molar-refractivity contribution is 5.89. The molecule has 1 saturated carbocycles. The Morgan fingerprint density at radius 2 is 1.69 bits per heavy atom. The van der Waals surface area contributed by atoms with Gasteiger partial charge in [0.15, 0.2) is 5.78 Å². The van der Waals surface area contributed by atoms with E-state index in [1.807, 2.05) is 6.07 Å². The molecule has 1 aliphatic rings. The second kappa shape index (κ2) is 2.57. The van der Waals surface area contributed by atoms with Crippen LogP contribution in [0.1, 0.15) is 34.6 Å². The third-order valence-electron chi connectivity index (χ3n) is 3.93. The molecule has 0 radical (unpaired) electrons. The highest BCUT2D eigenvalue weighted by atomic mass is 16.1. The highest BCUT2D eigenvalue weighted by Gasteiger charge is 2.68. The van der Waals surface area contributed by atoms with Gasteiger partial charge in [-0.15, -0.1) is 0 Å². The molecule has 0 heterocycles. The quantitative estimate of drug-likeness (QED) is 0.653. The molecule has 0 amide bonds. The summed E-state index contributed by atoms with van der Waals surface area (Å²) >= 11 is 0. The first-order valence-corrected chi connectivity index (χ1v) is 4.70. The van der Waals surface area contributed by atoms with Crippen molar-refractivity contribution in [2.24, 2.45) is 22.7 Å². The molecule has 0 aliphatic heterocycles. The molecule has 0 aromatic rings. The summed E-state index contributed by atoms with van der Waals surface area (Å²) in [6.07, 6.45) is 0. The lowest BCUT2D eigenvalue weighted by Crippen LogP contribution is -2.15. The number of rotatable bonds is 2. The standard InChI is InChI=1S/C11H17NO/c1-7(6-12)8(13)9-10(2,3)11(9,4)5/h7,9H,1-5H3. The summed E-state index contributed by atoms with van der Waals surface area (Å²) in [4.78, 5) is 11.7. The van der Waals surface area contributed by atoms with Crippen LogP contribution in [0.4, 0.5) is 0 Å². The van der Waals surface area contributed by atoms with Gasteiger partial charge in [-0.1, -0.05) is 27.7 Å². The topological polar surface area (TPSA) is 40.9 Å². The SMILES string of the molecule is CC(C#N)C(=O)C1C(C)(C)C1(C)C. The second-order valence-electron chi connectivity index (χ2n) is 5.13.